The van der Waals surface area contributed by atoms with Crippen LogP contribution in [0.1, 0.15) is 19.3 Å². The van der Waals surface area contributed by atoms with E-state index in [-0.39, 0.29) is 11.5 Å². The summed E-state index contributed by atoms with van der Waals surface area (Å²) in [5.41, 5.74) is 2.01. The summed E-state index contributed by atoms with van der Waals surface area (Å²) in [5, 5.41) is -0.177. The largest absolute Gasteiger partial charge is 0.374 e. The lowest BCUT2D eigenvalue weighted by Crippen LogP contribution is -2.53. The molecule has 0 aromatic rings. The van der Waals surface area contributed by atoms with Crippen LogP contribution in [-0.4, -0.2) is 41.9 Å². The van der Waals surface area contributed by atoms with Gasteiger partial charge < -0.3 is 14.2 Å². The fraction of sp³-hybridized carbons (Fsp3) is 0.800. The first-order valence-corrected chi connectivity index (χ1v) is 6.62. The van der Waals surface area contributed by atoms with Gasteiger partial charge in [0, 0.05) is 20.8 Å². The summed E-state index contributed by atoms with van der Waals surface area (Å²) < 4.78 is 16.6. The van der Waals surface area contributed by atoms with Gasteiger partial charge in [-0.25, -0.2) is 0 Å². The summed E-state index contributed by atoms with van der Waals surface area (Å²) in [6.07, 6.45) is 3.15. The van der Waals surface area contributed by atoms with E-state index in [1.165, 1.54) is 6.42 Å². The van der Waals surface area contributed by atoms with Gasteiger partial charge in [-0.15, -0.1) is 12.3 Å². The van der Waals surface area contributed by atoms with Gasteiger partial charge in [-0.1, -0.05) is 0 Å². The van der Waals surface area contributed by atoms with Gasteiger partial charge in [-0.05, 0) is 19.3 Å². The molecule has 1 rings (SSSR count). The minimum absolute atomic E-state index is 0.177. The van der Waals surface area contributed by atoms with E-state index in [0.717, 1.165) is 19.4 Å². The smallest absolute Gasteiger partial charge is 0.182 e. The highest BCUT2D eigenvalue weighted by Gasteiger charge is 2.41. The standard InChI is InChI=1S/C10H20O3Si/c1-4-14-10(9(11-2)12-3)7-5-6-8-13-10/h4,9H,1,5-8,14H2,2-3H3. The first kappa shape index (κ1) is 11.9. The van der Waals surface area contributed by atoms with Crippen LogP contribution >= 0.6 is 0 Å². The molecule has 0 N–H and O–H groups in total. The molecule has 0 spiro atoms. The molecule has 1 aliphatic rings. The Balaban J connectivity index is 2.71. The van der Waals surface area contributed by atoms with Gasteiger partial charge in [0.15, 0.2) is 6.29 Å². The predicted molar refractivity (Wildman–Crippen MR) is 59.1 cm³/mol. The third-order valence-electron chi connectivity index (χ3n) is 2.73. The van der Waals surface area contributed by atoms with E-state index >= 15 is 0 Å². The van der Waals surface area contributed by atoms with Crippen LogP contribution in [0.3, 0.4) is 0 Å². The Morgan fingerprint density at radius 3 is 2.57 bits per heavy atom. The van der Waals surface area contributed by atoms with Crippen molar-refractivity contribution < 1.29 is 14.2 Å². The molecule has 0 aromatic heterocycles. The molecule has 4 heteroatoms. The summed E-state index contributed by atoms with van der Waals surface area (Å²) in [4.78, 5) is 0. The zero-order chi connectivity index (χ0) is 10.4. The van der Waals surface area contributed by atoms with Crippen LogP contribution in [0.5, 0.6) is 0 Å². The van der Waals surface area contributed by atoms with Crippen molar-refractivity contribution in [2.24, 2.45) is 0 Å². The number of hydrogen-bond donors (Lipinski definition) is 0. The van der Waals surface area contributed by atoms with Crippen molar-refractivity contribution in [2.75, 3.05) is 20.8 Å². The van der Waals surface area contributed by atoms with Crippen LogP contribution in [0.15, 0.2) is 12.3 Å². The molecule has 1 aliphatic heterocycles. The Hall–Kier alpha value is -0.163. The lowest BCUT2D eigenvalue weighted by Gasteiger charge is -2.41. The summed E-state index contributed by atoms with van der Waals surface area (Å²) >= 11 is 0. The van der Waals surface area contributed by atoms with Crippen molar-refractivity contribution >= 4 is 9.52 Å². The molecule has 0 saturated carbocycles. The molecule has 0 bridgehead atoms. The second kappa shape index (κ2) is 5.65. The fourth-order valence-electron chi connectivity index (χ4n) is 2.09. The highest BCUT2D eigenvalue weighted by atomic mass is 28.2. The van der Waals surface area contributed by atoms with Crippen LogP contribution in [0.2, 0.25) is 0 Å². The van der Waals surface area contributed by atoms with Crippen LogP contribution in [0.4, 0.5) is 0 Å². The van der Waals surface area contributed by atoms with Crippen molar-refractivity contribution in [2.45, 2.75) is 30.8 Å². The number of rotatable bonds is 5. The summed E-state index contributed by atoms with van der Waals surface area (Å²) in [6, 6.07) is 0. The van der Waals surface area contributed by atoms with E-state index in [2.05, 4.69) is 6.58 Å². The van der Waals surface area contributed by atoms with Crippen molar-refractivity contribution in [1.82, 2.24) is 0 Å². The van der Waals surface area contributed by atoms with E-state index in [4.69, 9.17) is 14.2 Å². The molecule has 82 valence electrons. The SMILES string of the molecule is C=C[SiH2]C1(C(OC)OC)CCCCO1. The minimum atomic E-state index is -0.509. The topological polar surface area (TPSA) is 27.7 Å². The van der Waals surface area contributed by atoms with E-state index in [1.807, 2.05) is 5.70 Å². The van der Waals surface area contributed by atoms with Crippen molar-refractivity contribution in [3.05, 3.63) is 12.3 Å². The Labute approximate surface area is 88.2 Å². The van der Waals surface area contributed by atoms with Gasteiger partial charge in [0.1, 0.15) is 5.22 Å². The van der Waals surface area contributed by atoms with Crippen LogP contribution < -0.4 is 0 Å². The van der Waals surface area contributed by atoms with Crippen molar-refractivity contribution in [1.29, 1.82) is 0 Å². The second-order valence-corrected chi connectivity index (χ2v) is 5.85. The molecule has 1 unspecified atom stereocenters. The molecule has 14 heavy (non-hydrogen) atoms. The second-order valence-electron chi connectivity index (χ2n) is 3.67. The number of ether oxygens (including phenoxy) is 3. The normalized spacial score (nSPS) is 28.8. The maximum Gasteiger partial charge on any atom is 0.182 e. The summed E-state index contributed by atoms with van der Waals surface area (Å²) in [5.74, 6) is 0. The number of hydrogen-bond acceptors (Lipinski definition) is 3. The average molecular weight is 216 g/mol. The van der Waals surface area contributed by atoms with Gasteiger partial charge >= 0.3 is 0 Å². The summed E-state index contributed by atoms with van der Waals surface area (Å²) in [7, 11) is 2.84. The van der Waals surface area contributed by atoms with Gasteiger partial charge in [-0.2, -0.15) is 0 Å². The first-order valence-electron chi connectivity index (χ1n) is 5.09. The van der Waals surface area contributed by atoms with Crippen molar-refractivity contribution in [3.63, 3.8) is 0 Å². The summed E-state index contributed by atoms with van der Waals surface area (Å²) in [6.45, 7) is 4.64. The maximum atomic E-state index is 5.89. The molecular formula is C10H20O3Si. The van der Waals surface area contributed by atoms with E-state index in [1.54, 1.807) is 14.2 Å². The Morgan fingerprint density at radius 2 is 2.14 bits per heavy atom. The zero-order valence-corrected chi connectivity index (χ0v) is 10.5. The molecule has 1 fully saturated rings. The molecule has 0 aromatic carbocycles. The lowest BCUT2D eigenvalue weighted by atomic mass is 10.1. The first-order chi connectivity index (χ1) is 6.79. The Bertz CT molecular complexity index is 174. The molecule has 0 amide bonds. The average Bonchev–Trinajstić information content (AvgIpc) is 2.21. The quantitative estimate of drug-likeness (QED) is 0.503. The molecule has 1 heterocycles. The van der Waals surface area contributed by atoms with Crippen LogP contribution in [0.25, 0.3) is 0 Å². The van der Waals surface area contributed by atoms with Gasteiger partial charge in [-0.3, -0.25) is 0 Å². The van der Waals surface area contributed by atoms with Crippen molar-refractivity contribution in [3.8, 4) is 0 Å². The lowest BCUT2D eigenvalue weighted by molar-refractivity contribution is -0.212. The van der Waals surface area contributed by atoms with E-state index in [9.17, 15) is 0 Å². The molecule has 1 saturated heterocycles. The molecule has 0 radical (unpaired) electrons. The molecule has 0 aliphatic carbocycles. The monoisotopic (exact) mass is 216 g/mol. The Kier molecular flexibility index (Phi) is 4.81. The highest BCUT2D eigenvalue weighted by Crippen LogP contribution is 2.29. The van der Waals surface area contributed by atoms with E-state index < -0.39 is 9.52 Å². The number of methoxy groups -OCH3 is 2. The Morgan fingerprint density at radius 1 is 1.43 bits per heavy atom. The van der Waals surface area contributed by atoms with Crippen LogP contribution in [0, 0.1) is 0 Å². The van der Waals surface area contributed by atoms with Gasteiger partial charge in [0.05, 0.1) is 9.52 Å². The van der Waals surface area contributed by atoms with Gasteiger partial charge in [0.2, 0.25) is 0 Å². The maximum absolute atomic E-state index is 5.89. The molecule has 3 nitrogen and oxygen atoms in total. The van der Waals surface area contributed by atoms with E-state index in [0.29, 0.717) is 0 Å². The highest BCUT2D eigenvalue weighted by molar-refractivity contribution is 6.46. The third kappa shape index (κ3) is 2.45. The minimum Gasteiger partial charge on any atom is -0.374 e. The zero-order valence-electron chi connectivity index (χ0n) is 9.12. The van der Waals surface area contributed by atoms with Gasteiger partial charge in [0.25, 0.3) is 0 Å². The third-order valence-corrected chi connectivity index (χ3v) is 4.60. The van der Waals surface area contributed by atoms with Crippen LogP contribution in [-0.2, 0) is 14.2 Å². The molecular weight excluding hydrogens is 196 g/mol. The fourth-order valence-corrected chi connectivity index (χ4v) is 3.82. The molecule has 1 atom stereocenters. The predicted octanol–water partition coefficient (Wildman–Crippen LogP) is 0.814.